The molecule has 0 aliphatic heterocycles. The highest BCUT2D eigenvalue weighted by Gasteiger charge is 2.13. The Bertz CT molecular complexity index is 1080. The van der Waals surface area contributed by atoms with E-state index < -0.39 is 0 Å². The van der Waals surface area contributed by atoms with Crippen LogP contribution in [0.3, 0.4) is 0 Å². The van der Waals surface area contributed by atoms with Gasteiger partial charge >= 0.3 is 0 Å². The van der Waals surface area contributed by atoms with E-state index in [0.29, 0.717) is 29.1 Å². The lowest BCUT2D eigenvalue weighted by Crippen LogP contribution is -2.21. The van der Waals surface area contributed by atoms with Crippen LogP contribution in [0.5, 0.6) is 0 Å². The zero-order valence-corrected chi connectivity index (χ0v) is 14.1. The number of oxazole rings is 1. The standard InChI is InChI=1S/C18H15N3O2S/c1-11-3-4-15-14(7-11)18(22)21(10-19-15)8-16-12(2)23-17(20-16)13-5-6-24-9-13/h3-7,9-10H,8H2,1-2H3. The molecule has 1 aromatic carbocycles. The number of aryl methyl sites for hydroxylation is 2. The van der Waals surface area contributed by atoms with E-state index in [0.717, 1.165) is 16.8 Å². The maximum Gasteiger partial charge on any atom is 0.261 e. The molecular weight excluding hydrogens is 322 g/mol. The highest BCUT2D eigenvalue weighted by atomic mass is 32.1. The van der Waals surface area contributed by atoms with Crippen molar-refractivity contribution in [3.63, 3.8) is 0 Å². The van der Waals surface area contributed by atoms with E-state index in [2.05, 4.69) is 9.97 Å². The van der Waals surface area contributed by atoms with Gasteiger partial charge in [-0.2, -0.15) is 11.3 Å². The molecule has 0 spiro atoms. The summed E-state index contributed by atoms with van der Waals surface area (Å²) in [4.78, 5) is 21.6. The zero-order chi connectivity index (χ0) is 16.7. The molecule has 0 bridgehead atoms. The van der Waals surface area contributed by atoms with Crippen LogP contribution in [-0.2, 0) is 6.54 Å². The average molecular weight is 337 g/mol. The number of fused-ring (bicyclic) bond motifs is 1. The smallest absolute Gasteiger partial charge is 0.261 e. The van der Waals surface area contributed by atoms with Crippen molar-refractivity contribution in [1.82, 2.24) is 14.5 Å². The summed E-state index contributed by atoms with van der Waals surface area (Å²) in [5.41, 5.74) is 3.37. The van der Waals surface area contributed by atoms with Gasteiger partial charge in [0.1, 0.15) is 11.5 Å². The van der Waals surface area contributed by atoms with Gasteiger partial charge in [0.25, 0.3) is 5.56 Å². The summed E-state index contributed by atoms with van der Waals surface area (Å²) in [5, 5.41) is 4.59. The molecule has 0 saturated heterocycles. The van der Waals surface area contributed by atoms with Crippen molar-refractivity contribution < 1.29 is 4.42 Å². The maximum absolute atomic E-state index is 12.7. The van der Waals surface area contributed by atoms with Crippen molar-refractivity contribution in [3.8, 4) is 11.5 Å². The molecule has 4 rings (SSSR count). The van der Waals surface area contributed by atoms with Crippen LogP contribution < -0.4 is 5.56 Å². The fourth-order valence-electron chi connectivity index (χ4n) is 2.63. The van der Waals surface area contributed by atoms with E-state index in [-0.39, 0.29) is 5.56 Å². The van der Waals surface area contributed by atoms with Crippen LogP contribution in [-0.4, -0.2) is 14.5 Å². The molecule has 5 nitrogen and oxygen atoms in total. The maximum atomic E-state index is 12.7. The van der Waals surface area contributed by atoms with Crippen molar-refractivity contribution >= 4 is 22.2 Å². The van der Waals surface area contributed by atoms with Crippen LogP contribution >= 0.6 is 11.3 Å². The summed E-state index contributed by atoms with van der Waals surface area (Å²) >= 11 is 1.59. The Morgan fingerprint density at radius 1 is 1.25 bits per heavy atom. The van der Waals surface area contributed by atoms with Crippen molar-refractivity contribution in [2.75, 3.05) is 0 Å². The molecule has 120 valence electrons. The summed E-state index contributed by atoms with van der Waals surface area (Å²) in [6.45, 7) is 4.17. The molecule has 0 unspecified atom stereocenters. The molecule has 24 heavy (non-hydrogen) atoms. The lowest BCUT2D eigenvalue weighted by Gasteiger charge is -2.05. The molecule has 0 atom stereocenters. The van der Waals surface area contributed by atoms with E-state index >= 15 is 0 Å². The Kier molecular flexibility index (Phi) is 3.54. The average Bonchev–Trinajstić information content (AvgIpc) is 3.21. The first-order valence-electron chi connectivity index (χ1n) is 7.56. The van der Waals surface area contributed by atoms with Gasteiger partial charge in [0.2, 0.25) is 5.89 Å². The first-order valence-corrected chi connectivity index (χ1v) is 8.51. The minimum atomic E-state index is -0.0665. The lowest BCUT2D eigenvalue weighted by molar-refractivity contribution is 0.537. The van der Waals surface area contributed by atoms with Crippen molar-refractivity contribution in [2.24, 2.45) is 0 Å². The summed E-state index contributed by atoms with van der Waals surface area (Å²) < 4.78 is 7.31. The molecular formula is C18H15N3O2S. The highest BCUT2D eigenvalue weighted by Crippen LogP contribution is 2.24. The van der Waals surface area contributed by atoms with Gasteiger partial charge in [-0.3, -0.25) is 9.36 Å². The molecule has 0 N–H and O–H groups in total. The number of thiophene rings is 1. The molecule has 3 aromatic heterocycles. The fraction of sp³-hybridized carbons (Fsp3) is 0.167. The number of hydrogen-bond acceptors (Lipinski definition) is 5. The Balaban J connectivity index is 1.75. The van der Waals surface area contributed by atoms with Gasteiger partial charge in [-0.25, -0.2) is 9.97 Å². The molecule has 0 aliphatic rings. The fourth-order valence-corrected chi connectivity index (χ4v) is 3.26. The second kappa shape index (κ2) is 5.72. The largest absolute Gasteiger partial charge is 0.441 e. The molecule has 0 aliphatic carbocycles. The van der Waals surface area contributed by atoms with Gasteiger partial charge < -0.3 is 4.42 Å². The second-order valence-corrected chi connectivity index (χ2v) is 6.51. The van der Waals surface area contributed by atoms with Crippen LogP contribution in [0.15, 0.2) is 50.6 Å². The van der Waals surface area contributed by atoms with Gasteiger partial charge in [-0.1, -0.05) is 11.6 Å². The van der Waals surface area contributed by atoms with Crippen LogP contribution in [0.1, 0.15) is 17.0 Å². The van der Waals surface area contributed by atoms with Crippen LogP contribution in [0, 0.1) is 13.8 Å². The SMILES string of the molecule is Cc1ccc2ncn(Cc3nc(-c4ccsc4)oc3C)c(=O)c2c1. The third-order valence-corrected chi connectivity index (χ3v) is 4.64. The predicted octanol–water partition coefficient (Wildman–Crippen LogP) is 3.78. The first-order chi connectivity index (χ1) is 11.6. The molecule has 0 fully saturated rings. The summed E-state index contributed by atoms with van der Waals surface area (Å²) in [6.07, 6.45) is 1.57. The van der Waals surface area contributed by atoms with E-state index in [1.165, 1.54) is 0 Å². The molecule has 3 heterocycles. The summed E-state index contributed by atoms with van der Waals surface area (Å²) in [6, 6.07) is 7.65. The minimum Gasteiger partial charge on any atom is -0.441 e. The third kappa shape index (κ3) is 2.55. The predicted molar refractivity (Wildman–Crippen MR) is 94.4 cm³/mol. The Hall–Kier alpha value is -2.73. The number of aromatic nitrogens is 3. The lowest BCUT2D eigenvalue weighted by atomic mass is 10.2. The zero-order valence-electron chi connectivity index (χ0n) is 13.3. The first kappa shape index (κ1) is 14.8. The molecule has 0 amide bonds. The van der Waals surface area contributed by atoms with E-state index in [1.807, 2.05) is 48.9 Å². The number of nitrogens with zero attached hydrogens (tertiary/aromatic N) is 3. The number of hydrogen-bond donors (Lipinski definition) is 0. The Morgan fingerprint density at radius 3 is 2.92 bits per heavy atom. The Labute approximate surface area is 142 Å². The van der Waals surface area contributed by atoms with E-state index in [4.69, 9.17) is 4.42 Å². The molecule has 0 saturated carbocycles. The minimum absolute atomic E-state index is 0.0665. The van der Waals surface area contributed by atoms with Gasteiger partial charge in [0.05, 0.1) is 23.8 Å². The monoisotopic (exact) mass is 337 g/mol. The van der Waals surface area contributed by atoms with Crippen molar-refractivity contribution in [1.29, 1.82) is 0 Å². The normalized spacial score (nSPS) is 11.2. The Morgan fingerprint density at radius 2 is 2.12 bits per heavy atom. The van der Waals surface area contributed by atoms with E-state index in [1.54, 1.807) is 22.2 Å². The molecule has 6 heteroatoms. The van der Waals surface area contributed by atoms with Crippen molar-refractivity contribution in [3.05, 3.63) is 68.7 Å². The number of benzene rings is 1. The van der Waals surface area contributed by atoms with E-state index in [9.17, 15) is 4.79 Å². The van der Waals surface area contributed by atoms with Gasteiger partial charge in [-0.05, 0) is 37.4 Å². The van der Waals surface area contributed by atoms with Crippen LogP contribution in [0.4, 0.5) is 0 Å². The second-order valence-electron chi connectivity index (χ2n) is 5.73. The summed E-state index contributed by atoms with van der Waals surface area (Å²) in [7, 11) is 0. The van der Waals surface area contributed by atoms with Crippen molar-refractivity contribution in [2.45, 2.75) is 20.4 Å². The quantitative estimate of drug-likeness (QED) is 0.571. The third-order valence-electron chi connectivity index (χ3n) is 3.96. The summed E-state index contributed by atoms with van der Waals surface area (Å²) in [5.74, 6) is 1.30. The highest BCUT2D eigenvalue weighted by molar-refractivity contribution is 7.08. The number of rotatable bonds is 3. The topological polar surface area (TPSA) is 60.9 Å². The van der Waals surface area contributed by atoms with Gasteiger partial charge in [-0.15, -0.1) is 0 Å². The van der Waals surface area contributed by atoms with Crippen LogP contribution in [0.25, 0.3) is 22.4 Å². The van der Waals surface area contributed by atoms with Crippen LogP contribution in [0.2, 0.25) is 0 Å². The van der Waals surface area contributed by atoms with Gasteiger partial charge in [0.15, 0.2) is 0 Å². The molecule has 0 radical (unpaired) electrons. The van der Waals surface area contributed by atoms with Gasteiger partial charge in [0, 0.05) is 10.9 Å². The molecule has 4 aromatic rings.